The molecule has 0 radical (unpaired) electrons. The second-order valence-electron chi connectivity index (χ2n) is 6.01. The van der Waals surface area contributed by atoms with Crippen molar-refractivity contribution in [1.29, 1.82) is 0 Å². The van der Waals surface area contributed by atoms with Gasteiger partial charge in [0.1, 0.15) is 6.04 Å². The highest BCUT2D eigenvalue weighted by atomic mass is 32.2. The highest BCUT2D eigenvalue weighted by Gasteiger charge is 2.35. The predicted octanol–water partition coefficient (Wildman–Crippen LogP) is 3.07. The first-order valence-electron chi connectivity index (χ1n) is 8.35. The van der Waals surface area contributed by atoms with Gasteiger partial charge in [-0.1, -0.05) is 49.0 Å². The van der Waals surface area contributed by atoms with Crippen LogP contribution >= 0.6 is 11.8 Å². The molecule has 25 heavy (non-hydrogen) atoms. The fraction of sp³-hybridized carbons (Fsp3) is 0.421. The summed E-state index contributed by atoms with van der Waals surface area (Å²) in [7, 11) is 0. The van der Waals surface area contributed by atoms with Crippen LogP contribution in [0.15, 0.2) is 42.0 Å². The third kappa shape index (κ3) is 4.95. The third-order valence-electron chi connectivity index (χ3n) is 4.31. The largest absolute Gasteiger partial charge is 0.479 e. The molecule has 0 aromatic heterocycles. The molecule has 5 nitrogen and oxygen atoms in total. The van der Waals surface area contributed by atoms with Gasteiger partial charge in [0.2, 0.25) is 5.91 Å². The van der Waals surface area contributed by atoms with Gasteiger partial charge in [0.25, 0.3) is 0 Å². The van der Waals surface area contributed by atoms with Crippen molar-refractivity contribution < 1.29 is 19.5 Å². The number of hydrogen-bond donors (Lipinski definition) is 1. The minimum absolute atomic E-state index is 0.0436. The highest BCUT2D eigenvalue weighted by molar-refractivity contribution is 8.13. The van der Waals surface area contributed by atoms with Crippen molar-refractivity contribution in [3.8, 4) is 0 Å². The summed E-state index contributed by atoms with van der Waals surface area (Å²) in [5.41, 5.74) is 2.09. The molecule has 6 heteroatoms. The van der Waals surface area contributed by atoms with Crippen LogP contribution in [0.2, 0.25) is 0 Å². The van der Waals surface area contributed by atoms with Gasteiger partial charge in [-0.05, 0) is 23.6 Å². The van der Waals surface area contributed by atoms with Crippen molar-refractivity contribution in [3.63, 3.8) is 0 Å². The van der Waals surface area contributed by atoms with Crippen molar-refractivity contribution >= 4 is 28.8 Å². The number of benzene rings is 1. The van der Waals surface area contributed by atoms with E-state index in [1.54, 1.807) is 6.08 Å². The summed E-state index contributed by atoms with van der Waals surface area (Å²) in [5, 5.41) is 9.45. The lowest BCUT2D eigenvalue weighted by molar-refractivity contribution is -0.146. The molecular weight excluding hydrogens is 338 g/mol. The maximum atomic E-state index is 12.4. The van der Waals surface area contributed by atoms with E-state index in [0.717, 1.165) is 29.3 Å². The normalized spacial score (nSPS) is 17.9. The summed E-state index contributed by atoms with van der Waals surface area (Å²) >= 11 is 1.09. The molecule has 2 atom stereocenters. The number of carboxylic acid groups (broad SMARTS) is 1. The van der Waals surface area contributed by atoms with Gasteiger partial charge in [0.05, 0.1) is 0 Å². The van der Waals surface area contributed by atoms with E-state index in [9.17, 15) is 19.5 Å². The number of carbonyl (C=O) groups is 3. The Kier molecular flexibility index (Phi) is 6.82. The number of carboxylic acids is 1. The van der Waals surface area contributed by atoms with Crippen LogP contribution in [0.5, 0.6) is 0 Å². The van der Waals surface area contributed by atoms with Gasteiger partial charge in [-0.2, -0.15) is 0 Å². The molecule has 0 saturated carbocycles. The van der Waals surface area contributed by atoms with E-state index in [4.69, 9.17) is 0 Å². The summed E-state index contributed by atoms with van der Waals surface area (Å²) in [6.45, 7) is 3.84. The van der Waals surface area contributed by atoms with E-state index in [1.165, 1.54) is 11.8 Å². The third-order valence-corrected chi connectivity index (χ3v) is 5.13. The number of aliphatic carboxylic acids is 1. The molecule has 0 fully saturated rings. The van der Waals surface area contributed by atoms with Crippen molar-refractivity contribution in [3.05, 3.63) is 47.5 Å². The van der Waals surface area contributed by atoms with Gasteiger partial charge in [0.15, 0.2) is 5.12 Å². The number of hydrogen-bond acceptors (Lipinski definition) is 4. The molecule has 1 heterocycles. The van der Waals surface area contributed by atoms with E-state index in [2.05, 4.69) is 6.92 Å². The molecule has 1 amide bonds. The first-order chi connectivity index (χ1) is 11.9. The van der Waals surface area contributed by atoms with Crippen LogP contribution in [-0.2, 0) is 14.4 Å². The summed E-state index contributed by atoms with van der Waals surface area (Å²) in [6, 6.07) is 9.00. The smallest absolute Gasteiger partial charge is 0.330 e. The molecule has 0 aliphatic carbocycles. The summed E-state index contributed by atoms with van der Waals surface area (Å²) in [4.78, 5) is 36.4. The molecule has 1 aromatic carbocycles. The fourth-order valence-electron chi connectivity index (χ4n) is 3.14. The first kappa shape index (κ1) is 19.2. The molecule has 134 valence electrons. The van der Waals surface area contributed by atoms with Crippen LogP contribution < -0.4 is 0 Å². The van der Waals surface area contributed by atoms with Crippen LogP contribution in [0.4, 0.5) is 0 Å². The highest BCUT2D eigenvalue weighted by Crippen LogP contribution is 2.33. The van der Waals surface area contributed by atoms with Crippen LogP contribution in [-0.4, -0.2) is 45.3 Å². The zero-order valence-electron chi connectivity index (χ0n) is 14.5. The van der Waals surface area contributed by atoms with Crippen LogP contribution in [0.3, 0.4) is 0 Å². The molecule has 0 saturated heterocycles. The Morgan fingerprint density at radius 2 is 1.96 bits per heavy atom. The lowest BCUT2D eigenvalue weighted by Gasteiger charge is -2.23. The maximum absolute atomic E-state index is 12.4. The minimum atomic E-state index is -1.02. The predicted molar refractivity (Wildman–Crippen MR) is 98.4 cm³/mol. The Morgan fingerprint density at radius 3 is 2.52 bits per heavy atom. The molecule has 1 N–H and O–H groups in total. The van der Waals surface area contributed by atoms with Crippen LogP contribution in [0, 0.1) is 0 Å². The number of amides is 1. The van der Waals surface area contributed by atoms with Crippen molar-refractivity contribution in [2.45, 2.75) is 38.6 Å². The van der Waals surface area contributed by atoms with E-state index >= 15 is 0 Å². The summed E-state index contributed by atoms with van der Waals surface area (Å²) in [5.74, 6) is -0.768. The van der Waals surface area contributed by atoms with Gasteiger partial charge in [0, 0.05) is 31.6 Å². The number of rotatable bonds is 7. The average molecular weight is 361 g/mol. The standard InChI is InChI=1S/C19H23NO4S/c1-3-16(14-7-5-4-6-8-14)15-11-17(19(23)24)20(12-15)18(22)9-10-25-13(2)21/h4-8,11,16-17H,3,9-10,12H2,1-2H3,(H,23,24)/t16?,17-/m0/s1. The van der Waals surface area contributed by atoms with E-state index in [-0.39, 0.29) is 23.4 Å². The Hall–Kier alpha value is -2.08. The van der Waals surface area contributed by atoms with Crippen molar-refractivity contribution in [2.24, 2.45) is 0 Å². The number of thioether (sulfide) groups is 1. The van der Waals surface area contributed by atoms with Gasteiger partial charge < -0.3 is 10.0 Å². The van der Waals surface area contributed by atoms with Gasteiger partial charge in [-0.3, -0.25) is 9.59 Å². The fourth-order valence-corrected chi connectivity index (χ4v) is 3.70. The molecular formula is C19H23NO4S. The first-order valence-corrected chi connectivity index (χ1v) is 9.33. The molecule has 2 rings (SSSR count). The van der Waals surface area contributed by atoms with E-state index in [0.29, 0.717) is 12.3 Å². The van der Waals surface area contributed by atoms with Gasteiger partial charge >= 0.3 is 5.97 Å². The summed E-state index contributed by atoms with van der Waals surface area (Å²) in [6.07, 6.45) is 2.71. The average Bonchev–Trinajstić information content (AvgIpc) is 3.01. The van der Waals surface area contributed by atoms with Crippen molar-refractivity contribution in [1.82, 2.24) is 4.90 Å². The Balaban J connectivity index is 2.14. The molecule has 1 aliphatic heterocycles. The zero-order chi connectivity index (χ0) is 18.4. The summed E-state index contributed by atoms with van der Waals surface area (Å²) < 4.78 is 0. The van der Waals surface area contributed by atoms with E-state index in [1.807, 2.05) is 30.3 Å². The van der Waals surface area contributed by atoms with Crippen LogP contribution in [0.25, 0.3) is 0 Å². The van der Waals surface area contributed by atoms with Gasteiger partial charge in [-0.15, -0.1) is 0 Å². The molecule has 1 aromatic rings. The van der Waals surface area contributed by atoms with Crippen LogP contribution in [0.1, 0.15) is 38.2 Å². The monoisotopic (exact) mass is 361 g/mol. The minimum Gasteiger partial charge on any atom is -0.479 e. The SMILES string of the molecule is CCC(C1=C[C@@H](C(=O)O)N(C(=O)CCSC(C)=O)C1)c1ccccc1. The topological polar surface area (TPSA) is 74.7 Å². The Morgan fingerprint density at radius 1 is 1.28 bits per heavy atom. The number of nitrogens with zero attached hydrogens (tertiary/aromatic N) is 1. The second-order valence-corrected chi connectivity index (χ2v) is 7.28. The quantitative estimate of drug-likeness (QED) is 0.756. The molecule has 1 aliphatic rings. The lowest BCUT2D eigenvalue weighted by atomic mass is 9.89. The Labute approximate surface area is 152 Å². The van der Waals surface area contributed by atoms with E-state index < -0.39 is 12.0 Å². The maximum Gasteiger partial charge on any atom is 0.330 e. The molecule has 1 unspecified atom stereocenters. The lowest BCUT2D eigenvalue weighted by Crippen LogP contribution is -2.41. The molecule has 0 spiro atoms. The Bertz CT molecular complexity index is 671. The zero-order valence-corrected chi connectivity index (χ0v) is 15.3. The molecule has 0 bridgehead atoms. The van der Waals surface area contributed by atoms with Gasteiger partial charge in [-0.25, -0.2) is 4.79 Å². The number of carbonyl (C=O) groups excluding carboxylic acids is 2. The van der Waals surface area contributed by atoms with Crippen molar-refractivity contribution in [2.75, 3.05) is 12.3 Å². The second kappa shape index (κ2) is 8.85.